The van der Waals surface area contributed by atoms with E-state index in [0.29, 0.717) is 33.8 Å². The van der Waals surface area contributed by atoms with Gasteiger partial charge in [0.15, 0.2) is 11.6 Å². The first kappa shape index (κ1) is 66.7. The molecular formula is C87H80O3. The predicted octanol–water partition coefficient (Wildman–Crippen LogP) is 22.2. The van der Waals surface area contributed by atoms with E-state index in [1.54, 1.807) is 6.08 Å². The van der Waals surface area contributed by atoms with Crippen LogP contribution in [0.15, 0.2) is 319 Å². The zero-order valence-corrected chi connectivity index (χ0v) is 53.5. The fourth-order valence-corrected chi connectivity index (χ4v) is 10.4. The summed E-state index contributed by atoms with van der Waals surface area (Å²) in [4.78, 5) is 29.5. The second-order valence-electron chi connectivity index (χ2n) is 21.2. The van der Waals surface area contributed by atoms with Crippen molar-refractivity contribution in [2.75, 3.05) is 0 Å². The number of allylic oxidation sites excluding steroid dienone is 14. The van der Waals surface area contributed by atoms with Gasteiger partial charge in [0.2, 0.25) is 0 Å². The molecule has 0 atom stereocenters. The second-order valence-corrected chi connectivity index (χ2v) is 21.2. The van der Waals surface area contributed by atoms with Crippen LogP contribution in [0.1, 0.15) is 107 Å². The van der Waals surface area contributed by atoms with E-state index in [4.69, 9.17) is 11.2 Å². The number of aryl methyl sites for hydroxylation is 5. The Morgan fingerprint density at radius 3 is 1.37 bits per heavy atom. The Labute approximate surface area is 535 Å². The molecule has 0 bridgehead atoms. The summed E-state index contributed by atoms with van der Waals surface area (Å²) in [5.74, 6) is 3.67. The fraction of sp³-hybridized carbons (Fsp3) is 0.126. The monoisotopic (exact) mass is 1170 g/mol. The molecule has 0 N–H and O–H groups in total. The standard InChI is InChI=1S/C61H46O3.C8H6.2C7H8.2C2H6/c1-40-25-27-49(28-26-40)55-56(59(47-23-15-8-16-24-47)61(63)58(55)46-21-13-7-14-22-46)50-31-35-53(36-32-50)64-52-33-29-48(30-34-52)54(51-38-41(2)37-42(3)39-51)57(45-19-11-6-12-20-45)60(62)43(4)44-17-9-5-10-18-44;1-2-8-6-4-3-5-7-8;2*1-7-5-3-2-4-6-7;2*1-2/h5-6,9-13,15,17-39H,4,7,14H2,1-3H3;1,3-7H;2*2-6H,1H3;2*1-2H3/b57-54-;;;;;. The van der Waals surface area contributed by atoms with Crippen molar-refractivity contribution in [2.24, 2.45) is 0 Å². The molecule has 9 aromatic rings. The first-order valence-electron chi connectivity index (χ1n) is 30.9. The Hall–Kier alpha value is -10.8. The largest absolute Gasteiger partial charge is 0.457 e. The topological polar surface area (TPSA) is 43.4 Å². The van der Waals surface area contributed by atoms with Crippen molar-refractivity contribution in [3.05, 3.63) is 386 Å². The van der Waals surface area contributed by atoms with Crippen LogP contribution in [0.4, 0.5) is 0 Å². The average Bonchev–Trinajstić information content (AvgIpc) is 1.57. The van der Waals surface area contributed by atoms with E-state index in [-0.39, 0.29) is 11.6 Å². The molecule has 0 heterocycles. The van der Waals surface area contributed by atoms with E-state index in [2.05, 4.69) is 144 Å². The number of hydrogen-bond donors (Lipinski definition) is 0. The lowest BCUT2D eigenvalue weighted by molar-refractivity contribution is -0.111. The number of ketones is 2. The molecule has 0 unspecified atom stereocenters. The SMILES string of the molecule is C#Cc1ccccc1.C=C(C(=O)/C(=C(/c1ccc(Oc2ccc(C3=C(C4=CC=C=C=C4)C(=O)C(C4=CCCC=C4)=C3c3ccc(C)cc3)cc2)cc1)c1cc(C)cc(C)c1)c1ccccc1)c1ccccc1.CC.CC.Cc1ccccc1.Cc1ccccc1. The summed E-state index contributed by atoms with van der Waals surface area (Å²) in [5, 5.41) is 0. The summed E-state index contributed by atoms with van der Waals surface area (Å²) in [6, 6.07) is 80.3. The normalized spacial score (nSPS) is 12.6. The van der Waals surface area contributed by atoms with E-state index < -0.39 is 0 Å². The average molecular weight is 1170 g/mol. The number of carbonyl (C=O) groups excluding carboxylic acids is 2. The van der Waals surface area contributed by atoms with Gasteiger partial charge in [0.05, 0.1) is 0 Å². The van der Waals surface area contributed by atoms with Crippen molar-refractivity contribution in [1.82, 2.24) is 0 Å². The molecule has 0 fully saturated rings. The van der Waals surface area contributed by atoms with Crippen molar-refractivity contribution in [3.63, 3.8) is 0 Å². The highest BCUT2D eigenvalue weighted by Crippen LogP contribution is 2.49. The van der Waals surface area contributed by atoms with Gasteiger partial charge in [-0.2, -0.15) is 0 Å². The molecule has 0 spiro atoms. The van der Waals surface area contributed by atoms with Gasteiger partial charge >= 0.3 is 0 Å². The minimum absolute atomic E-state index is 0.000800. The van der Waals surface area contributed by atoms with E-state index in [0.717, 1.165) is 96.3 Å². The Kier molecular flexibility index (Phi) is 25.6. The fourth-order valence-electron chi connectivity index (χ4n) is 10.4. The molecule has 446 valence electrons. The molecule has 0 saturated carbocycles. The Bertz CT molecular complexity index is 4170. The lowest BCUT2D eigenvalue weighted by Gasteiger charge is -2.19. The highest BCUT2D eigenvalue weighted by molar-refractivity contribution is 6.46. The van der Waals surface area contributed by atoms with Crippen LogP contribution in [-0.4, -0.2) is 11.6 Å². The lowest BCUT2D eigenvalue weighted by Crippen LogP contribution is -2.08. The zero-order chi connectivity index (χ0) is 64.2. The molecule has 0 aromatic heterocycles. The smallest absolute Gasteiger partial charge is 0.195 e. The van der Waals surface area contributed by atoms with Gasteiger partial charge in [0.1, 0.15) is 11.5 Å². The number of hydrogen-bond acceptors (Lipinski definition) is 3. The van der Waals surface area contributed by atoms with Gasteiger partial charge in [-0.25, -0.2) is 0 Å². The third-order valence-corrected chi connectivity index (χ3v) is 14.6. The number of Topliss-reactive ketones (excluding diaryl/α,β-unsaturated/α-hetero) is 2. The summed E-state index contributed by atoms with van der Waals surface area (Å²) in [6.07, 6.45) is 18.9. The van der Waals surface area contributed by atoms with Gasteiger partial charge in [-0.05, 0) is 147 Å². The van der Waals surface area contributed by atoms with Crippen LogP contribution in [-0.2, 0) is 9.59 Å². The summed E-state index contributed by atoms with van der Waals surface area (Å²) in [7, 11) is 0. The number of benzene rings is 9. The van der Waals surface area contributed by atoms with Crippen molar-refractivity contribution >= 4 is 39.4 Å². The number of ether oxygens (including phenoxy) is 1. The summed E-state index contributed by atoms with van der Waals surface area (Å²) < 4.78 is 6.52. The third kappa shape index (κ3) is 18.1. The van der Waals surface area contributed by atoms with Gasteiger partial charge in [-0.15, -0.1) is 6.42 Å². The van der Waals surface area contributed by atoms with Crippen molar-refractivity contribution in [3.8, 4) is 23.8 Å². The maximum Gasteiger partial charge on any atom is 0.195 e. The maximum absolute atomic E-state index is 14.7. The molecule has 0 saturated heterocycles. The van der Waals surface area contributed by atoms with Crippen molar-refractivity contribution < 1.29 is 14.3 Å². The highest BCUT2D eigenvalue weighted by Gasteiger charge is 2.36. The van der Waals surface area contributed by atoms with Crippen LogP contribution >= 0.6 is 0 Å². The Balaban J connectivity index is 0.000000367. The van der Waals surface area contributed by atoms with Crippen LogP contribution in [0.2, 0.25) is 0 Å². The van der Waals surface area contributed by atoms with E-state index >= 15 is 0 Å². The van der Waals surface area contributed by atoms with Crippen LogP contribution in [0.5, 0.6) is 11.5 Å². The van der Waals surface area contributed by atoms with Gasteiger partial charge in [0.25, 0.3) is 0 Å². The van der Waals surface area contributed by atoms with E-state index in [1.807, 2.05) is 216 Å². The van der Waals surface area contributed by atoms with Crippen molar-refractivity contribution in [1.29, 1.82) is 0 Å². The predicted molar refractivity (Wildman–Crippen MR) is 382 cm³/mol. The van der Waals surface area contributed by atoms with Gasteiger partial charge in [-0.1, -0.05) is 304 Å². The maximum atomic E-state index is 14.7. The number of rotatable bonds is 12. The number of carbonyl (C=O) groups is 2. The zero-order valence-electron chi connectivity index (χ0n) is 53.5. The van der Waals surface area contributed by atoms with Gasteiger partial charge < -0.3 is 4.74 Å². The van der Waals surface area contributed by atoms with E-state index in [9.17, 15) is 9.59 Å². The van der Waals surface area contributed by atoms with Crippen molar-refractivity contribution in [2.45, 2.75) is 75.2 Å². The Morgan fingerprint density at radius 1 is 0.467 bits per heavy atom. The molecule has 0 aliphatic heterocycles. The lowest BCUT2D eigenvalue weighted by atomic mass is 9.83. The van der Waals surface area contributed by atoms with Gasteiger partial charge in [0, 0.05) is 44.6 Å². The molecule has 9 aromatic carbocycles. The molecule has 3 nitrogen and oxygen atoms in total. The van der Waals surface area contributed by atoms with Crippen LogP contribution in [0.25, 0.3) is 27.9 Å². The molecule has 90 heavy (non-hydrogen) atoms. The first-order chi connectivity index (χ1) is 43.9. The molecule has 0 amide bonds. The summed E-state index contributed by atoms with van der Waals surface area (Å²) in [5.41, 5.74) is 25.0. The quantitative estimate of drug-likeness (QED) is 0.0530. The third-order valence-electron chi connectivity index (χ3n) is 14.6. The molecule has 3 heteroatoms. The minimum Gasteiger partial charge on any atom is -0.457 e. The van der Waals surface area contributed by atoms with Crippen LogP contribution < -0.4 is 4.74 Å². The van der Waals surface area contributed by atoms with E-state index in [1.165, 1.54) is 11.1 Å². The van der Waals surface area contributed by atoms with Gasteiger partial charge in [-0.3, -0.25) is 9.59 Å². The Morgan fingerprint density at radius 2 is 0.922 bits per heavy atom. The first-order valence-corrected chi connectivity index (χ1v) is 30.9. The second kappa shape index (κ2) is 34.5. The van der Waals surface area contributed by atoms with Crippen LogP contribution in [0, 0.1) is 47.0 Å². The summed E-state index contributed by atoms with van der Waals surface area (Å²) >= 11 is 0. The molecule has 0 radical (unpaired) electrons. The number of terminal acetylenes is 1. The highest BCUT2D eigenvalue weighted by atomic mass is 16.5. The minimum atomic E-state index is -0.141. The summed E-state index contributed by atoms with van der Waals surface area (Å²) in [6.45, 7) is 22.7. The molecule has 3 aliphatic rings. The molecule has 3 aliphatic carbocycles. The molecular weight excluding hydrogens is 1090 g/mol. The molecule has 12 rings (SSSR count). The van der Waals surface area contributed by atoms with Crippen LogP contribution in [0.3, 0.4) is 0 Å².